The van der Waals surface area contributed by atoms with Crippen molar-refractivity contribution in [2.45, 2.75) is 117 Å². The van der Waals surface area contributed by atoms with Crippen LogP contribution in [0.15, 0.2) is 0 Å². The molecule has 0 aromatic heterocycles. The van der Waals surface area contributed by atoms with E-state index in [9.17, 15) is 0 Å². The van der Waals surface area contributed by atoms with Crippen molar-refractivity contribution in [3.8, 4) is 0 Å². The summed E-state index contributed by atoms with van der Waals surface area (Å²) in [6, 6.07) is 0. The Balaban J connectivity index is 0. The molecule has 0 aliphatic carbocycles. The molecule has 0 spiro atoms. The van der Waals surface area contributed by atoms with Crippen LogP contribution in [0.5, 0.6) is 0 Å². The second kappa shape index (κ2) is 20.1. The van der Waals surface area contributed by atoms with Gasteiger partial charge < -0.3 is 4.48 Å². The van der Waals surface area contributed by atoms with Gasteiger partial charge in [-0.1, -0.05) is 96.8 Å². The average molecular weight is 425 g/mol. The molecule has 6 heteroatoms. The Morgan fingerprint density at radius 3 is 1.07 bits per heavy atom. The van der Waals surface area contributed by atoms with E-state index in [1.165, 1.54) is 120 Å². The van der Waals surface area contributed by atoms with Gasteiger partial charge in [0.1, 0.15) is 0 Å². The molecular weight excluding hydrogens is 374 g/mol. The highest BCUT2D eigenvalue weighted by Crippen LogP contribution is 2.14. The Labute approximate surface area is 176 Å². The van der Waals surface area contributed by atoms with E-state index in [1.54, 1.807) is 0 Å². The van der Waals surface area contributed by atoms with Crippen LogP contribution < -0.4 is 0 Å². The van der Waals surface area contributed by atoms with Crippen LogP contribution in [0, 0.1) is 0 Å². The van der Waals surface area contributed by atoms with Gasteiger partial charge in [-0.25, -0.2) is 0 Å². The van der Waals surface area contributed by atoms with Crippen molar-refractivity contribution >= 4 is 10.4 Å². The summed E-state index contributed by atoms with van der Waals surface area (Å²) in [5.74, 6) is 0. The first-order valence-electron chi connectivity index (χ1n) is 11.6. The van der Waals surface area contributed by atoms with Crippen molar-refractivity contribution < 1.29 is 22.0 Å². The Morgan fingerprint density at radius 2 is 0.821 bits per heavy atom. The fourth-order valence-corrected chi connectivity index (χ4v) is 3.25. The van der Waals surface area contributed by atoms with Crippen LogP contribution >= 0.6 is 0 Å². The van der Waals surface area contributed by atoms with Crippen molar-refractivity contribution in [3.05, 3.63) is 0 Å². The Kier molecular flexibility index (Phi) is 21.6. The largest absolute Gasteiger partial charge is 0.394 e. The fourth-order valence-electron chi connectivity index (χ4n) is 3.25. The minimum atomic E-state index is -4.67. The number of hydrogen-bond donors (Lipinski definition) is 2. The summed E-state index contributed by atoms with van der Waals surface area (Å²) in [5.41, 5.74) is 0. The van der Waals surface area contributed by atoms with Gasteiger partial charge in [0.15, 0.2) is 0 Å². The molecule has 0 bridgehead atoms. The molecule has 0 aromatic carbocycles. The van der Waals surface area contributed by atoms with E-state index in [0.717, 1.165) is 0 Å². The Bertz CT molecular complexity index is 403. The van der Waals surface area contributed by atoms with Gasteiger partial charge in [-0.05, 0) is 19.8 Å². The monoisotopic (exact) mass is 424 g/mol. The minimum Gasteiger partial charge on any atom is -0.329 e. The molecule has 2 N–H and O–H groups in total. The van der Waals surface area contributed by atoms with Crippen LogP contribution in [0.1, 0.15) is 117 Å². The molecule has 0 amide bonds. The lowest BCUT2D eigenvalue weighted by molar-refractivity contribution is -0.888. The van der Waals surface area contributed by atoms with Crippen molar-refractivity contribution in [2.24, 2.45) is 0 Å². The summed E-state index contributed by atoms with van der Waals surface area (Å²) in [7, 11) is 0.0381. The van der Waals surface area contributed by atoms with Crippen LogP contribution in [0.25, 0.3) is 0 Å². The maximum atomic E-state index is 8.74. The highest BCUT2D eigenvalue weighted by atomic mass is 32.3. The smallest absolute Gasteiger partial charge is 0.329 e. The molecule has 5 nitrogen and oxygen atoms in total. The molecule has 0 aromatic rings. The molecule has 0 aliphatic heterocycles. The first-order valence-corrected chi connectivity index (χ1v) is 13.0. The molecule has 28 heavy (non-hydrogen) atoms. The van der Waals surface area contributed by atoms with Crippen molar-refractivity contribution in [1.82, 2.24) is 0 Å². The van der Waals surface area contributed by atoms with Gasteiger partial charge in [0.25, 0.3) is 0 Å². The van der Waals surface area contributed by atoms with Crippen LogP contribution in [0.2, 0.25) is 0 Å². The molecular formula is C22H50NO4S+. The molecule has 0 radical (unpaired) electrons. The van der Waals surface area contributed by atoms with Crippen molar-refractivity contribution in [3.63, 3.8) is 0 Å². The average Bonchev–Trinajstić information content (AvgIpc) is 2.60. The molecule has 0 atom stereocenters. The molecule has 0 rings (SSSR count). The third kappa shape index (κ3) is 33.4. The molecule has 0 unspecified atom stereocenters. The summed E-state index contributed by atoms with van der Waals surface area (Å²) in [5, 5.41) is 0. The zero-order chi connectivity index (χ0) is 21.7. The lowest BCUT2D eigenvalue weighted by atomic mass is 10.0. The van der Waals surface area contributed by atoms with Gasteiger partial charge in [-0.2, -0.15) is 8.42 Å². The quantitative estimate of drug-likeness (QED) is 0.146. The van der Waals surface area contributed by atoms with Crippen LogP contribution in [0.3, 0.4) is 0 Å². The van der Waals surface area contributed by atoms with Crippen LogP contribution in [-0.4, -0.2) is 49.2 Å². The van der Waals surface area contributed by atoms with Crippen LogP contribution in [-0.2, 0) is 10.4 Å². The normalized spacial score (nSPS) is 11.9. The predicted octanol–water partition coefficient (Wildman–Crippen LogP) is 6.69. The summed E-state index contributed by atoms with van der Waals surface area (Å²) in [6.45, 7) is 7.21. The molecule has 0 saturated heterocycles. The summed E-state index contributed by atoms with van der Waals surface area (Å²) in [4.78, 5) is 0. The van der Waals surface area contributed by atoms with E-state index >= 15 is 0 Å². The maximum absolute atomic E-state index is 8.74. The third-order valence-electron chi connectivity index (χ3n) is 5.47. The van der Waals surface area contributed by atoms with E-state index in [1.807, 2.05) is 0 Å². The number of nitrogens with zero attached hydrogens (tertiary/aromatic N) is 1. The number of rotatable bonds is 18. The van der Waals surface area contributed by atoms with Gasteiger partial charge in [-0.3, -0.25) is 9.11 Å². The van der Waals surface area contributed by atoms with Gasteiger partial charge in [-0.15, -0.1) is 0 Å². The zero-order valence-electron chi connectivity index (χ0n) is 19.3. The SMILES string of the molecule is CCCCCCCCCCCCCCCCCC[N+](C)(C)CC.O=S(=O)(O)O. The minimum absolute atomic E-state index is 1.19. The number of hydrogen-bond acceptors (Lipinski definition) is 2. The summed E-state index contributed by atoms with van der Waals surface area (Å²) >= 11 is 0. The van der Waals surface area contributed by atoms with Gasteiger partial charge in [0.05, 0.1) is 27.2 Å². The van der Waals surface area contributed by atoms with E-state index in [-0.39, 0.29) is 0 Å². The first kappa shape index (κ1) is 30.0. The van der Waals surface area contributed by atoms with Crippen molar-refractivity contribution in [1.29, 1.82) is 0 Å². The highest BCUT2D eigenvalue weighted by molar-refractivity contribution is 7.79. The number of quaternary nitrogens is 1. The molecule has 0 heterocycles. The topological polar surface area (TPSA) is 74.6 Å². The second-order valence-electron chi connectivity index (χ2n) is 8.73. The molecule has 0 saturated carbocycles. The van der Waals surface area contributed by atoms with Gasteiger partial charge in [0, 0.05) is 0 Å². The fraction of sp³-hybridized carbons (Fsp3) is 1.00. The second-order valence-corrected chi connectivity index (χ2v) is 9.62. The van der Waals surface area contributed by atoms with E-state index < -0.39 is 10.4 Å². The van der Waals surface area contributed by atoms with E-state index in [4.69, 9.17) is 17.5 Å². The lowest BCUT2D eigenvalue weighted by Gasteiger charge is -2.28. The zero-order valence-corrected chi connectivity index (χ0v) is 20.1. The summed E-state index contributed by atoms with van der Waals surface area (Å²) < 4.78 is 32.8. The Morgan fingerprint density at radius 1 is 0.571 bits per heavy atom. The predicted molar refractivity (Wildman–Crippen MR) is 121 cm³/mol. The van der Waals surface area contributed by atoms with Crippen molar-refractivity contribution in [2.75, 3.05) is 27.2 Å². The van der Waals surface area contributed by atoms with Gasteiger partial charge in [0.2, 0.25) is 0 Å². The molecule has 0 fully saturated rings. The van der Waals surface area contributed by atoms with Gasteiger partial charge >= 0.3 is 10.4 Å². The summed E-state index contributed by atoms with van der Waals surface area (Å²) in [6.07, 6.45) is 23.4. The Hall–Kier alpha value is -0.170. The van der Waals surface area contributed by atoms with Crippen LogP contribution in [0.4, 0.5) is 0 Å². The standard InChI is InChI=1S/C22H48N.H2O4S/c1-5-7-8-9-10-11-12-13-14-15-16-17-18-19-20-21-22-23(3,4)6-2;1-5(2,3)4/h5-22H2,1-4H3;(H2,1,2,3,4)/q+1;. The van der Waals surface area contributed by atoms with E-state index in [0.29, 0.717) is 0 Å². The highest BCUT2D eigenvalue weighted by Gasteiger charge is 2.09. The van der Waals surface area contributed by atoms with E-state index in [2.05, 4.69) is 27.9 Å². The lowest BCUT2D eigenvalue weighted by Crippen LogP contribution is -2.39. The first-order chi connectivity index (χ1) is 13.1. The molecule has 172 valence electrons. The molecule has 0 aliphatic rings. The maximum Gasteiger partial charge on any atom is 0.394 e. The third-order valence-corrected chi connectivity index (χ3v) is 5.47. The number of unbranched alkanes of at least 4 members (excludes halogenated alkanes) is 15.